The van der Waals surface area contributed by atoms with Crippen LogP contribution in [0.1, 0.15) is 87.8 Å². The summed E-state index contributed by atoms with van der Waals surface area (Å²) in [7, 11) is 0. The molecule has 0 amide bonds. The van der Waals surface area contributed by atoms with E-state index in [1.165, 1.54) is 18.9 Å². The molecule has 0 radical (unpaired) electrons. The van der Waals surface area contributed by atoms with E-state index in [4.69, 9.17) is 4.74 Å². The van der Waals surface area contributed by atoms with E-state index in [-0.39, 0.29) is 17.3 Å². The van der Waals surface area contributed by atoms with Crippen LogP contribution in [-0.2, 0) is 12.8 Å². The first kappa shape index (κ1) is 27.3. The maximum atomic E-state index is 15.0. The third kappa shape index (κ3) is 7.18. The van der Waals surface area contributed by atoms with E-state index in [9.17, 15) is 8.78 Å². The van der Waals surface area contributed by atoms with E-state index in [1.54, 1.807) is 18.2 Å². The van der Waals surface area contributed by atoms with Gasteiger partial charge in [0.15, 0.2) is 11.6 Å². The minimum Gasteiger partial charge on any atom is -0.493 e. The minimum absolute atomic E-state index is 0.106. The van der Waals surface area contributed by atoms with Gasteiger partial charge in [0.1, 0.15) is 11.6 Å². The lowest BCUT2D eigenvalue weighted by molar-refractivity contribution is 0.303. The van der Waals surface area contributed by atoms with Crippen molar-refractivity contribution in [2.75, 3.05) is 6.61 Å². The lowest BCUT2D eigenvalue weighted by Crippen LogP contribution is -2.13. The van der Waals surface area contributed by atoms with Gasteiger partial charge in [-0.1, -0.05) is 88.4 Å². The van der Waals surface area contributed by atoms with Crippen LogP contribution in [0.15, 0.2) is 54.6 Å². The van der Waals surface area contributed by atoms with Crippen molar-refractivity contribution in [1.29, 1.82) is 0 Å². The molecule has 0 heterocycles. The molecule has 0 N–H and O–H groups in total. The van der Waals surface area contributed by atoms with Gasteiger partial charge in [0.05, 0.1) is 6.61 Å². The van der Waals surface area contributed by atoms with Crippen LogP contribution >= 0.6 is 0 Å². The molecule has 0 aromatic heterocycles. The second-order valence-corrected chi connectivity index (χ2v) is 10.6. The van der Waals surface area contributed by atoms with E-state index in [1.807, 2.05) is 30.3 Å². The van der Waals surface area contributed by atoms with Crippen LogP contribution in [0, 0.1) is 23.4 Å². The van der Waals surface area contributed by atoms with Crippen LogP contribution < -0.4 is 4.74 Å². The molecule has 198 valence electrons. The van der Waals surface area contributed by atoms with Gasteiger partial charge >= 0.3 is 0 Å². The van der Waals surface area contributed by atoms with Crippen molar-refractivity contribution in [1.82, 2.24) is 0 Å². The van der Waals surface area contributed by atoms with Gasteiger partial charge in [0.25, 0.3) is 0 Å². The molecular weight excluding hydrogens is 469 g/mol. The largest absolute Gasteiger partial charge is 0.493 e. The Hall–Kier alpha value is -2.75. The number of hydrogen-bond donors (Lipinski definition) is 0. The average Bonchev–Trinajstić information content (AvgIpc) is 2.91. The number of halogens is 3. The lowest BCUT2D eigenvalue weighted by atomic mass is 9.79. The van der Waals surface area contributed by atoms with Crippen LogP contribution in [0.4, 0.5) is 13.2 Å². The zero-order valence-electron chi connectivity index (χ0n) is 22.2. The molecule has 0 saturated heterocycles. The molecule has 0 aliphatic heterocycles. The third-order valence-electron chi connectivity index (χ3n) is 7.81. The highest BCUT2D eigenvalue weighted by atomic mass is 19.2. The van der Waals surface area contributed by atoms with Gasteiger partial charge < -0.3 is 4.74 Å². The van der Waals surface area contributed by atoms with Gasteiger partial charge in [-0.25, -0.2) is 13.2 Å². The highest BCUT2D eigenvalue weighted by molar-refractivity contribution is 5.65. The molecule has 4 heteroatoms. The number of unbranched alkanes of at least 4 members (excludes halogenated alkanes) is 3. The molecule has 0 unspecified atom stereocenters. The number of benzene rings is 3. The molecule has 1 aliphatic rings. The lowest BCUT2D eigenvalue weighted by Gasteiger charge is -2.27. The highest BCUT2D eigenvalue weighted by Crippen LogP contribution is 2.38. The summed E-state index contributed by atoms with van der Waals surface area (Å²) >= 11 is 0. The van der Waals surface area contributed by atoms with Crippen LogP contribution in [-0.4, -0.2) is 6.61 Å². The van der Waals surface area contributed by atoms with Crippen molar-refractivity contribution in [3.8, 4) is 16.9 Å². The fourth-order valence-corrected chi connectivity index (χ4v) is 5.34. The summed E-state index contributed by atoms with van der Waals surface area (Å²) < 4.78 is 50.3. The topological polar surface area (TPSA) is 9.23 Å². The first-order valence-corrected chi connectivity index (χ1v) is 13.9. The molecule has 1 aliphatic carbocycles. The average molecular weight is 509 g/mol. The molecule has 0 spiro atoms. The molecule has 0 atom stereocenters. The van der Waals surface area contributed by atoms with Crippen LogP contribution in [0.2, 0.25) is 0 Å². The smallest absolute Gasteiger partial charge is 0.166 e. The first-order valence-electron chi connectivity index (χ1n) is 13.9. The maximum absolute atomic E-state index is 15.0. The van der Waals surface area contributed by atoms with E-state index in [2.05, 4.69) is 13.8 Å². The van der Waals surface area contributed by atoms with Gasteiger partial charge in [0.2, 0.25) is 0 Å². The Labute approximate surface area is 220 Å². The molecule has 1 nitrogen and oxygen atoms in total. The Kier molecular flexibility index (Phi) is 9.71. The fraction of sp³-hybridized carbons (Fsp3) is 0.455. The van der Waals surface area contributed by atoms with Crippen LogP contribution in [0.3, 0.4) is 0 Å². The van der Waals surface area contributed by atoms with E-state index in [0.29, 0.717) is 47.8 Å². The third-order valence-corrected chi connectivity index (χ3v) is 7.81. The molecule has 1 saturated carbocycles. The molecule has 4 rings (SSSR count). The van der Waals surface area contributed by atoms with Crippen molar-refractivity contribution in [2.45, 2.75) is 84.0 Å². The van der Waals surface area contributed by atoms with Crippen molar-refractivity contribution < 1.29 is 17.9 Å². The Morgan fingerprint density at radius 3 is 2.24 bits per heavy atom. The Balaban J connectivity index is 1.35. The summed E-state index contributed by atoms with van der Waals surface area (Å²) in [5, 5.41) is 0. The molecule has 1 fully saturated rings. The Morgan fingerprint density at radius 1 is 0.784 bits per heavy atom. The van der Waals surface area contributed by atoms with Gasteiger partial charge in [0, 0.05) is 11.6 Å². The monoisotopic (exact) mass is 508 g/mol. The van der Waals surface area contributed by atoms with Gasteiger partial charge in [-0.2, -0.15) is 0 Å². The van der Waals surface area contributed by atoms with Gasteiger partial charge in [-0.3, -0.25) is 0 Å². The number of aryl methyl sites for hydroxylation is 2. The quantitative estimate of drug-likeness (QED) is 0.234. The van der Waals surface area contributed by atoms with Gasteiger partial charge in [-0.05, 0) is 72.3 Å². The Bertz CT molecular complexity index is 1150. The molecule has 3 aromatic rings. The maximum Gasteiger partial charge on any atom is 0.166 e. The zero-order chi connectivity index (χ0) is 26.2. The van der Waals surface area contributed by atoms with E-state index in [0.717, 1.165) is 44.1 Å². The molecular formula is C33H39F3O. The summed E-state index contributed by atoms with van der Waals surface area (Å²) in [5.41, 5.74) is 3.11. The minimum atomic E-state index is -0.765. The fourth-order valence-electron chi connectivity index (χ4n) is 5.34. The highest BCUT2D eigenvalue weighted by Gasteiger charge is 2.25. The number of ether oxygens (including phenoxy) is 1. The zero-order valence-corrected chi connectivity index (χ0v) is 22.2. The SMILES string of the molecule is CCCCCCOc1ccc(CCc2ccc(-c3ccc(C4CCC(C)CC4)c(F)c3F)cc2)c(F)c1. The molecule has 3 aromatic carbocycles. The number of hydrogen-bond acceptors (Lipinski definition) is 1. The van der Waals surface area contributed by atoms with Crippen molar-refractivity contribution in [2.24, 2.45) is 5.92 Å². The summed E-state index contributed by atoms with van der Waals surface area (Å²) in [4.78, 5) is 0. The van der Waals surface area contributed by atoms with Gasteiger partial charge in [-0.15, -0.1) is 0 Å². The molecule has 37 heavy (non-hydrogen) atoms. The Morgan fingerprint density at radius 2 is 1.54 bits per heavy atom. The standard InChI is InChI=1S/C33H39F3O/c1-3-4-5-6-21-37-28-18-17-27(31(34)22-28)16-11-24-9-14-26(15-10-24)30-20-19-29(32(35)33(30)36)25-12-7-23(2)8-13-25/h9-10,14-15,17-20,22-23,25H,3-8,11-13,16,21H2,1-2H3. The van der Waals surface area contributed by atoms with E-state index < -0.39 is 11.6 Å². The van der Waals surface area contributed by atoms with Crippen molar-refractivity contribution in [3.05, 3.63) is 88.7 Å². The number of rotatable bonds is 11. The normalized spacial score (nSPS) is 17.6. The summed E-state index contributed by atoms with van der Waals surface area (Å²) in [6.07, 6.45) is 9.65. The summed E-state index contributed by atoms with van der Waals surface area (Å²) in [5.74, 6) is -0.386. The first-order chi connectivity index (χ1) is 18.0. The van der Waals surface area contributed by atoms with Crippen LogP contribution in [0.5, 0.6) is 5.75 Å². The van der Waals surface area contributed by atoms with Crippen LogP contribution in [0.25, 0.3) is 11.1 Å². The predicted octanol–water partition coefficient (Wildman–Crippen LogP) is 9.81. The molecule has 0 bridgehead atoms. The predicted molar refractivity (Wildman–Crippen MR) is 146 cm³/mol. The van der Waals surface area contributed by atoms with Crippen molar-refractivity contribution >= 4 is 0 Å². The summed E-state index contributed by atoms with van der Waals surface area (Å²) in [6, 6.07) is 16.0. The van der Waals surface area contributed by atoms with E-state index >= 15 is 4.39 Å². The van der Waals surface area contributed by atoms with Crippen molar-refractivity contribution in [3.63, 3.8) is 0 Å². The second-order valence-electron chi connectivity index (χ2n) is 10.6. The summed E-state index contributed by atoms with van der Waals surface area (Å²) in [6.45, 7) is 5.00. The second kappa shape index (κ2) is 13.2.